The van der Waals surface area contributed by atoms with E-state index in [2.05, 4.69) is 0 Å². The highest BCUT2D eigenvalue weighted by Crippen LogP contribution is 2.28. The van der Waals surface area contributed by atoms with Crippen molar-refractivity contribution in [3.63, 3.8) is 0 Å². The summed E-state index contributed by atoms with van der Waals surface area (Å²) in [7, 11) is 0. The lowest BCUT2D eigenvalue weighted by Gasteiger charge is -2.34. The molecule has 7 heteroatoms. The molecule has 3 aliphatic rings. The van der Waals surface area contributed by atoms with E-state index in [1.54, 1.807) is 16.4 Å². The summed E-state index contributed by atoms with van der Waals surface area (Å²) in [5.41, 5.74) is 2.92. The fourth-order valence-corrected chi connectivity index (χ4v) is 5.20. The summed E-state index contributed by atoms with van der Waals surface area (Å²) in [5, 5.41) is 0. The van der Waals surface area contributed by atoms with Crippen molar-refractivity contribution in [1.29, 1.82) is 0 Å². The molecule has 2 bridgehead atoms. The number of ether oxygens (including phenoxy) is 1. The summed E-state index contributed by atoms with van der Waals surface area (Å²) in [5.74, 6) is -0.174. The molecule has 0 saturated carbocycles. The highest BCUT2D eigenvalue weighted by atomic mass is 16.5. The summed E-state index contributed by atoms with van der Waals surface area (Å²) in [6, 6.07) is 10.0. The standard InChI is InChI=1S/C25H29N3O4/c1-17(29)26-12-10-22-19(13-26)14-27(11-9-18-5-3-2-4-6-18)24(30)23(22)25(31)28-15-20-7-8-21(16-28)32-20/h2-6,14,20-21H,7-13,15-16H2,1H3/t20-,21+. The fourth-order valence-electron chi connectivity index (χ4n) is 5.20. The van der Waals surface area contributed by atoms with Crippen molar-refractivity contribution < 1.29 is 14.3 Å². The lowest BCUT2D eigenvalue weighted by atomic mass is 9.95. The molecule has 2 aromatic rings. The van der Waals surface area contributed by atoms with E-state index in [1.807, 2.05) is 41.4 Å². The van der Waals surface area contributed by atoms with Crippen molar-refractivity contribution >= 4 is 11.8 Å². The number of likely N-dealkylation sites (tertiary alicyclic amines) is 1. The minimum atomic E-state index is -0.222. The predicted molar refractivity (Wildman–Crippen MR) is 119 cm³/mol. The van der Waals surface area contributed by atoms with Crippen molar-refractivity contribution in [1.82, 2.24) is 14.4 Å². The Morgan fingerprint density at radius 2 is 1.78 bits per heavy atom. The number of benzene rings is 1. The molecule has 1 aromatic heterocycles. The van der Waals surface area contributed by atoms with Gasteiger partial charge in [0.25, 0.3) is 11.5 Å². The molecule has 0 radical (unpaired) electrons. The van der Waals surface area contributed by atoms with Crippen LogP contribution in [0.2, 0.25) is 0 Å². The molecular formula is C25H29N3O4. The molecule has 7 nitrogen and oxygen atoms in total. The van der Waals surface area contributed by atoms with Crippen LogP contribution in [0.4, 0.5) is 0 Å². The van der Waals surface area contributed by atoms with Gasteiger partial charge in [0.15, 0.2) is 0 Å². The molecule has 0 spiro atoms. The van der Waals surface area contributed by atoms with Gasteiger partial charge in [-0.15, -0.1) is 0 Å². The summed E-state index contributed by atoms with van der Waals surface area (Å²) in [6.45, 7) is 4.11. The zero-order valence-electron chi connectivity index (χ0n) is 18.5. The van der Waals surface area contributed by atoms with Crippen LogP contribution in [0.1, 0.15) is 46.8 Å². The smallest absolute Gasteiger partial charge is 0.263 e. The lowest BCUT2D eigenvalue weighted by Crippen LogP contribution is -2.48. The average molecular weight is 436 g/mol. The molecular weight excluding hydrogens is 406 g/mol. The van der Waals surface area contributed by atoms with Gasteiger partial charge in [-0.3, -0.25) is 14.4 Å². The van der Waals surface area contributed by atoms with Gasteiger partial charge < -0.3 is 19.1 Å². The molecule has 0 N–H and O–H groups in total. The minimum Gasteiger partial charge on any atom is -0.371 e. The number of aryl methyl sites for hydroxylation is 2. The molecule has 0 aliphatic carbocycles. The third-order valence-electron chi connectivity index (χ3n) is 6.94. The number of rotatable bonds is 4. The third kappa shape index (κ3) is 3.97. The highest BCUT2D eigenvalue weighted by molar-refractivity contribution is 5.96. The molecule has 0 unspecified atom stereocenters. The maximum Gasteiger partial charge on any atom is 0.263 e. The van der Waals surface area contributed by atoms with E-state index in [9.17, 15) is 14.4 Å². The topological polar surface area (TPSA) is 71.9 Å². The van der Waals surface area contributed by atoms with E-state index in [4.69, 9.17) is 4.74 Å². The van der Waals surface area contributed by atoms with Crippen LogP contribution in [0.25, 0.3) is 0 Å². The zero-order chi connectivity index (χ0) is 22.2. The highest BCUT2D eigenvalue weighted by Gasteiger charge is 2.38. The first-order valence-electron chi connectivity index (χ1n) is 11.5. The van der Waals surface area contributed by atoms with Crippen LogP contribution in [0, 0.1) is 0 Å². The van der Waals surface area contributed by atoms with Crippen LogP contribution in [0.5, 0.6) is 0 Å². The quantitative estimate of drug-likeness (QED) is 0.737. The molecule has 2 amide bonds. The maximum atomic E-state index is 13.6. The average Bonchev–Trinajstić information content (AvgIpc) is 3.15. The van der Waals surface area contributed by atoms with Crippen LogP contribution in [-0.2, 0) is 35.5 Å². The first-order chi connectivity index (χ1) is 15.5. The fraction of sp³-hybridized carbons (Fsp3) is 0.480. The van der Waals surface area contributed by atoms with E-state index >= 15 is 0 Å². The second-order valence-corrected chi connectivity index (χ2v) is 9.10. The van der Waals surface area contributed by atoms with E-state index in [-0.39, 0.29) is 29.6 Å². The number of morpholine rings is 1. The van der Waals surface area contributed by atoms with Crippen LogP contribution in [-0.4, -0.2) is 58.0 Å². The van der Waals surface area contributed by atoms with E-state index < -0.39 is 0 Å². The molecule has 1 aromatic carbocycles. The van der Waals surface area contributed by atoms with Crippen molar-refractivity contribution in [3.8, 4) is 0 Å². The number of nitrogens with zero attached hydrogens (tertiary/aromatic N) is 3. The molecule has 2 atom stereocenters. The maximum absolute atomic E-state index is 13.6. The third-order valence-corrected chi connectivity index (χ3v) is 6.94. The van der Waals surface area contributed by atoms with Gasteiger partial charge >= 0.3 is 0 Å². The first kappa shape index (κ1) is 20.9. The Hall–Kier alpha value is -2.93. The van der Waals surface area contributed by atoms with Crippen LogP contribution in [0.15, 0.2) is 41.3 Å². The zero-order valence-corrected chi connectivity index (χ0v) is 18.5. The Morgan fingerprint density at radius 3 is 2.47 bits per heavy atom. The number of carbonyl (C=O) groups is 2. The number of amides is 2. The monoisotopic (exact) mass is 435 g/mol. The molecule has 2 fully saturated rings. The number of hydrogen-bond donors (Lipinski definition) is 0. The summed E-state index contributed by atoms with van der Waals surface area (Å²) < 4.78 is 7.55. The number of hydrogen-bond acceptors (Lipinski definition) is 4. The molecule has 168 valence electrons. The molecule has 2 saturated heterocycles. The normalized spacial score (nSPS) is 22.0. The van der Waals surface area contributed by atoms with Gasteiger partial charge in [0.2, 0.25) is 5.91 Å². The number of carbonyl (C=O) groups excluding carboxylic acids is 2. The summed E-state index contributed by atoms with van der Waals surface area (Å²) in [4.78, 5) is 42.7. The first-order valence-corrected chi connectivity index (χ1v) is 11.5. The van der Waals surface area contributed by atoms with Crippen molar-refractivity contribution in [3.05, 3.63) is 69.1 Å². The minimum absolute atomic E-state index is 0.00955. The Balaban J connectivity index is 1.50. The Labute approximate surface area is 187 Å². The molecule has 3 aliphatic heterocycles. The Morgan fingerprint density at radius 1 is 1.06 bits per heavy atom. The van der Waals surface area contributed by atoms with E-state index in [1.165, 1.54) is 0 Å². The number of pyridine rings is 1. The van der Waals surface area contributed by atoms with Gasteiger partial charge in [-0.05, 0) is 42.4 Å². The van der Waals surface area contributed by atoms with Crippen molar-refractivity contribution in [2.75, 3.05) is 19.6 Å². The largest absolute Gasteiger partial charge is 0.371 e. The number of aromatic nitrogens is 1. The van der Waals surface area contributed by atoms with Gasteiger partial charge in [-0.25, -0.2) is 0 Å². The van der Waals surface area contributed by atoms with Gasteiger partial charge in [0.05, 0.1) is 12.2 Å². The van der Waals surface area contributed by atoms with Crippen LogP contribution in [0.3, 0.4) is 0 Å². The summed E-state index contributed by atoms with van der Waals surface area (Å²) >= 11 is 0. The van der Waals surface area contributed by atoms with Crippen molar-refractivity contribution in [2.24, 2.45) is 0 Å². The Bertz CT molecular complexity index is 1080. The predicted octanol–water partition coefficient (Wildman–Crippen LogP) is 2.00. The van der Waals surface area contributed by atoms with Crippen molar-refractivity contribution in [2.45, 2.75) is 57.9 Å². The van der Waals surface area contributed by atoms with E-state index in [0.29, 0.717) is 51.1 Å². The molecule has 5 rings (SSSR count). The van der Waals surface area contributed by atoms with Crippen LogP contribution >= 0.6 is 0 Å². The lowest BCUT2D eigenvalue weighted by molar-refractivity contribution is -0.129. The van der Waals surface area contributed by atoms with Gasteiger partial charge in [-0.2, -0.15) is 0 Å². The van der Waals surface area contributed by atoms with Gasteiger partial charge in [0.1, 0.15) is 5.56 Å². The van der Waals surface area contributed by atoms with E-state index in [0.717, 1.165) is 29.5 Å². The SMILES string of the molecule is CC(=O)N1CCc2c(cn(CCc3ccccc3)c(=O)c2C(=O)N2C[C@H]3CC[C@@H](C2)O3)C1. The van der Waals surface area contributed by atoms with Gasteiger partial charge in [-0.1, -0.05) is 30.3 Å². The second kappa shape index (κ2) is 8.54. The van der Waals surface area contributed by atoms with Gasteiger partial charge in [0, 0.05) is 45.8 Å². The molecule has 4 heterocycles. The summed E-state index contributed by atoms with van der Waals surface area (Å²) in [6.07, 6.45) is 5.17. The Kier molecular flexibility index (Phi) is 5.59. The van der Waals surface area contributed by atoms with Crippen LogP contribution < -0.4 is 5.56 Å². The second-order valence-electron chi connectivity index (χ2n) is 9.10. The number of fused-ring (bicyclic) bond motifs is 3. The molecule has 32 heavy (non-hydrogen) atoms.